The molecule has 0 saturated carbocycles. The zero-order valence-electron chi connectivity index (χ0n) is 18.3. The number of benzene rings is 1. The minimum absolute atomic E-state index is 0.299. The Morgan fingerprint density at radius 3 is 2.50 bits per heavy atom. The molecule has 0 unspecified atom stereocenters. The van der Waals surface area contributed by atoms with Crippen molar-refractivity contribution in [1.82, 2.24) is 14.7 Å². The van der Waals surface area contributed by atoms with Gasteiger partial charge in [0.25, 0.3) is 0 Å². The third-order valence-corrected chi connectivity index (χ3v) is 4.95. The molecule has 2 heterocycles. The monoisotopic (exact) mass is 414 g/mol. The number of anilines is 1. The number of nitrogens with zero attached hydrogens (tertiary/aromatic N) is 4. The second-order valence-electron chi connectivity index (χ2n) is 8.45. The number of hydrogen-bond donors (Lipinski definition) is 0. The normalized spacial score (nSPS) is 17.0. The summed E-state index contributed by atoms with van der Waals surface area (Å²) in [7, 11) is 1.33. The number of esters is 1. The third-order valence-electron chi connectivity index (χ3n) is 4.95. The number of ether oxygens (including phenoxy) is 2. The summed E-state index contributed by atoms with van der Waals surface area (Å²) < 4.78 is 12.4. The third kappa shape index (κ3) is 5.11. The van der Waals surface area contributed by atoms with Gasteiger partial charge >= 0.3 is 12.1 Å². The van der Waals surface area contributed by atoms with Crippen LogP contribution in [0.3, 0.4) is 0 Å². The van der Waals surface area contributed by atoms with Gasteiger partial charge in [0, 0.05) is 24.8 Å². The summed E-state index contributed by atoms with van der Waals surface area (Å²) in [4.78, 5) is 28.5. The molecule has 2 aromatic rings. The number of carbonyl (C=O) groups excluding carboxylic acids is 2. The van der Waals surface area contributed by atoms with E-state index in [4.69, 9.17) is 14.6 Å². The van der Waals surface area contributed by atoms with E-state index < -0.39 is 23.7 Å². The summed E-state index contributed by atoms with van der Waals surface area (Å²) in [5, 5.41) is 4.73. The van der Waals surface area contributed by atoms with Gasteiger partial charge in [0.15, 0.2) is 11.9 Å². The fraction of sp³-hybridized carbons (Fsp3) is 0.500. The van der Waals surface area contributed by atoms with E-state index in [1.807, 2.05) is 40.8 Å². The number of aryl methyl sites for hydroxylation is 1. The number of carbonyl (C=O) groups is 2. The van der Waals surface area contributed by atoms with Gasteiger partial charge in [-0.05, 0) is 33.3 Å². The van der Waals surface area contributed by atoms with E-state index in [1.54, 1.807) is 20.8 Å². The second kappa shape index (κ2) is 8.77. The zero-order chi connectivity index (χ0) is 21.9. The molecule has 0 radical (unpaired) electrons. The Morgan fingerprint density at radius 1 is 1.17 bits per heavy atom. The number of amides is 1. The topological polar surface area (TPSA) is 76.9 Å². The van der Waals surface area contributed by atoms with E-state index >= 15 is 0 Å². The molecule has 3 rings (SSSR count). The van der Waals surface area contributed by atoms with Crippen LogP contribution in [-0.2, 0) is 20.8 Å². The largest absolute Gasteiger partial charge is 0.467 e. The molecule has 1 saturated heterocycles. The van der Waals surface area contributed by atoms with Crippen LogP contribution in [0.4, 0.5) is 10.6 Å². The molecule has 1 atom stereocenters. The Hall–Kier alpha value is -3.03. The van der Waals surface area contributed by atoms with Crippen LogP contribution in [0, 0.1) is 6.92 Å². The Labute approximate surface area is 177 Å². The number of aromatic nitrogens is 2. The van der Waals surface area contributed by atoms with E-state index in [9.17, 15) is 9.59 Å². The van der Waals surface area contributed by atoms with Gasteiger partial charge in [-0.1, -0.05) is 30.3 Å². The summed E-state index contributed by atoms with van der Waals surface area (Å²) in [6, 6.07) is 11.4. The summed E-state index contributed by atoms with van der Waals surface area (Å²) in [5.74, 6) is 0.312. The smallest absolute Gasteiger partial charge is 0.411 e. The van der Waals surface area contributed by atoms with Crippen molar-refractivity contribution in [1.29, 1.82) is 0 Å². The predicted molar refractivity (Wildman–Crippen MR) is 113 cm³/mol. The van der Waals surface area contributed by atoms with Gasteiger partial charge in [0.1, 0.15) is 5.60 Å². The van der Waals surface area contributed by atoms with Crippen LogP contribution in [0.25, 0.3) is 0 Å². The molecule has 162 valence electrons. The van der Waals surface area contributed by atoms with Crippen molar-refractivity contribution in [3.8, 4) is 0 Å². The molecule has 8 heteroatoms. The summed E-state index contributed by atoms with van der Waals surface area (Å²) in [6.07, 6.45) is -0.511. The van der Waals surface area contributed by atoms with E-state index in [-0.39, 0.29) is 0 Å². The summed E-state index contributed by atoms with van der Waals surface area (Å²) in [6.45, 7) is 9.28. The van der Waals surface area contributed by atoms with Gasteiger partial charge < -0.3 is 14.4 Å². The summed E-state index contributed by atoms with van der Waals surface area (Å²) in [5.41, 5.74) is 1.55. The molecule has 1 aromatic carbocycles. The van der Waals surface area contributed by atoms with Crippen molar-refractivity contribution in [2.45, 2.75) is 45.9 Å². The summed E-state index contributed by atoms with van der Waals surface area (Å²) >= 11 is 0. The second-order valence-corrected chi connectivity index (χ2v) is 8.45. The van der Waals surface area contributed by atoms with Gasteiger partial charge in [-0.15, -0.1) is 0 Å². The van der Waals surface area contributed by atoms with Crippen LogP contribution in [0.2, 0.25) is 0 Å². The lowest BCUT2D eigenvalue weighted by atomic mass is 10.1. The van der Waals surface area contributed by atoms with Gasteiger partial charge in [0.05, 0.1) is 20.2 Å². The van der Waals surface area contributed by atoms with Crippen LogP contribution >= 0.6 is 0 Å². The molecule has 30 heavy (non-hydrogen) atoms. The van der Waals surface area contributed by atoms with Crippen molar-refractivity contribution in [2.24, 2.45) is 0 Å². The Balaban J connectivity index is 1.76. The molecule has 0 spiro atoms. The molecule has 0 aliphatic carbocycles. The lowest BCUT2D eigenvalue weighted by Gasteiger charge is -2.40. The van der Waals surface area contributed by atoms with E-state index in [0.717, 1.165) is 17.1 Å². The SMILES string of the molecule is COC(=O)[C@@H]1CN(c2cc(C)n(Cc3ccccc3)n2)CCN1C(=O)OC(C)(C)C. The molecule has 0 bridgehead atoms. The zero-order valence-corrected chi connectivity index (χ0v) is 18.3. The lowest BCUT2D eigenvalue weighted by molar-refractivity contribution is -0.147. The fourth-order valence-corrected chi connectivity index (χ4v) is 3.43. The molecule has 1 aliphatic rings. The van der Waals surface area contributed by atoms with E-state index in [1.165, 1.54) is 12.0 Å². The molecule has 1 aliphatic heterocycles. The number of methoxy groups -OCH3 is 1. The Bertz CT molecular complexity index is 888. The molecular weight excluding hydrogens is 384 g/mol. The van der Waals surface area contributed by atoms with Crippen molar-refractivity contribution < 1.29 is 19.1 Å². The first-order valence-corrected chi connectivity index (χ1v) is 10.1. The molecule has 0 N–H and O–H groups in total. The highest BCUT2D eigenvalue weighted by Crippen LogP contribution is 2.22. The van der Waals surface area contributed by atoms with Crippen molar-refractivity contribution >= 4 is 17.9 Å². The van der Waals surface area contributed by atoms with Crippen molar-refractivity contribution in [2.75, 3.05) is 31.6 Å². The highest BCUT2D eigenvalue weighted by Gasteiger charge is 2.39. The maximum atomic E-state index is 12.6. The number of rotatable bonds is 4. The average Bonchev–Trinajstić information content (AvgIpc) is 3.06. The van der Waals surface area contributed by atoms with Crippen LogP contribution < -0.4 is 4.90 Å². The minimum Gasteiger partial charge on any atom is -0.467 e. The van der Waals surface area contributed by atoms with Crippen LogP contribution in [0.1, 0.15) is 32.0 Å². The van der Waals surface area contributed by atoms with Crippen LogP contribution in [0.15, 0.2) is 36.4 Å². The highest BCUT2D eigenvalue weighted by molar-refractivity contribution is 5.82. The molecule has 1 aromatic heterocycles. The Kier molecular flexibility index (Phi) is 6.34. The number of hydrogen-bond acceptors (Lipinski definition) is 6. The van der Waals surface area contributed by atoms with Crippen molar-refractivity contribution in [3.05, 3.63) is 47.7 Å². The lowest BCUT2D eigenvalue weighted by Crippen LogP contribution is -2.59. The van der Waals surface area contributed by atoms with Gasteiger partial charge in [0.2, 0.25) is 0 Å². The van der Waals surface area contributed by atoms with Crippen LogP contribution in [-0.4, -0.2) is 65.1 Å². The fourth-order valence-electron chi connectivity index (χ4n) is 3.43. The first-order valence-electron chi connectivity index (χ1n) is 10.1. The quantitative estimate of drug-likeness (QED) is 0.716. The predicted octanol–water partition coefficient (Wildman–Crippen LogP) is 2.84. The molecule has 1 amide bonds. The average molecular weight is 415 g/mol. The van der Waals surface area contributed by atoms with Crippen LogP contribution in [0.5, 0.6) is 0 Å². The number of piperazine rings is 1. The van der Waals surface area contributed by atoms with Gasteiger partial charge in [-0.2, -0.15) is 5.10 Å². The first-order chi connectivity index (χ1) is 14.2. The minimum atomic E-state index is -0.752. The van der Waals surface area contributed by atoms with E-state index in [0.29, 0.717) is 26.2 Å². The maximum absolute atomic E-state index is 12.6. The molecule has 8 nitrogen and oxygen atoms in total. The Morgan fingerprint density at radius 2 is 1.87 bits per heavy atom. The standard InChI is InChI=1S/C22H30N4O4/c1-16-13-19(23-26(16)14-17-9-7-6-8-10-17)24-11-12-25(18(15-24)20(27)29-5)21(28)30-22(2,3)4/h6-10,13,18H,11-12,14-15H2,1-5H3/t18-/m0/s1. The van der Waals surface area contributed by atoms with Crippen molar-refractivity contribution in [3.63, 3.8) is 0 Å². The molecule has 1 fully saturated rings. The highest BCUT2D eigenvalue weighted by atomic mass is 16.6. The van der Waals surface area contributed by atoms with E-state index in [2.05, 4.69) is 12.1 Å². The maximum Gasteiger partial charge on any atom is 0.411 e. The van der Waals surface area contributed by atoms with Gasteiger partial charge in [-0.3, -0.25) is 9.58 Å². The van der Waals surface area contributed by atoms with Gasteiger partial charge in [-0.25, -0.2) is 9.59 Å². The first kappa shape index (κ1) is 21.7. The molecular formula is C22H30N4O4.